The van der Waals surface area contributed by atoms with E-state index in [1.807, 2.05) is 24.3 Å². The van der Waals surface area contributed by atoms with Crippen molar-refractivity contribution in [1.29, 1.82) is 0 Å². The summed E-state index contributed by atoms with van der Waals surface area (Å²) in [5.41, 5.74) is 2.05. The zero-order valence-corrected chi connectivity index (χ0v) is 14.2. The number of aromatic nitrogens is 1. The van der Waals surface area contributed by atoms with Crippen molar-refractivity contribution in [3.8, 4) is 5.75 Å². The number of rotatable bonds is 6. The molecule has 26 heavy (non-hydrogen) atoms. The van der Waals surface area contributed by atoms with Crippen LogP contribution in [0.1, 0.15) is 15.9 Å². The first-order valence-electron chi connectivity index (χ1n) is 8.04. The minimum absolute atomic E-state index is 0.314. The van der Waals surface area contributed by atoms with Crippen molar-refractivity contribution in [2.45, 2.75) is 6.54 Å². The number of nitrogens with one attached hydrogen (secondary N) is 2. The van der Waals surface area contributed by atoms with Crippen LogP contribution in [0.3, 0.4) is 0 Å². The molecule has 2 N–H and O–H groups in total. The highest BCUT2D eigenvalue weighted by molar-refractivity contribution is 6.04. The number of pyridine rings is 1. The fourth-order valence-corrected chi connectivity index (χ4v) is 2.31. The highest BCUT2D eigenvalue weighted by Crippen LogP contribution is 2.15. The molecule has 0 bridgehead atoms. The highest BCUT2D eigenvalue weighted by atomic mass is 19.1. The van der Waals surface area contributed by atoms with Crippen molar-refractivity contribution in [2.24, 2.45) is 0 Å². The monoisotopic (exact) mass is 351 g/mol. The second-order valence-electron chi connectivity index (χ2n) is 5.59. The lowest BCUT2D eigenvalue weighted by Crippen LogP contribution is -2.12. The second kappa shape index (κ2) is 8.11. The van der Waals surface area contributed by atoms with Crippen molar-refractivity contribution < 1.29 is 13.9 Å². The lowest BCUT2D eigenvalue weighted by atomic mass is 10.2. The minimum atomic E-state index is -0.379. The van der Waals surface area contributed by atoms with Crippen LogP contribution in [0, 0.1) is 5.82 Å². The fraction of sp³-hybridized carbons (Fsp3) is 0.100. The van der Waals surface area contributed by atoms with E-state index in [0.717, 1.165) is 11.3 Å². The van der Waals surface area contributed by atoms with Crippen molar-refractivity contribution in [1.82, 2.24) is 4.98 Å². The molecule has 0 aliphatic heterocycles. The molecule has 0 saturated carbocycles. The van der Waals surface area contributed by atoms with E-state index in [4.69, 9.17) is 4.74 Å². The number of hydrogen-bond donors (Lipinski definition) is 2. The summed E-state index contributed by atoms with van der Waals surface area (Å²) >= 11 is 0. The van der Waals surface area contributed by atoms with Gasteiger partial charge in [0.1, 0.15) is 17.4 Å². The number of methoxy groups -OCH3 is 1. The summed E-state index contributed by atoms with van der Waals surface area (Å²) in [5, 5.41) is 5.94. The summed E-state index contributed by atoms with van der Waals surface area (Å²) in [7, 11) is 1.63. The van der Waals surface area contributed by atoms with E-state index in [0.29, 0.717) is 23.6 Å². The van der Waals surface area contributed by atoms with Gasteiger partial charge in [-0.15, -0.1) is 0 Å². The third kappa shape index (κ3) is 4.57. The van der Waals surface area contributed by atoms with Gasteiger partial charge < -0.3 is 15.4 Å². The van der Waals surface area contributed by atoms with E-state index in [9.17, 15) is 9.18 Å². The molecule has 3 aromatic rings. The Morgan fingerprint density at radius 3 is 2.38 bits per heavy atom. The zero-order valence-electron chi connectivity index (χ0n) is 14.2. The summed E-state index contributed by atoms with van der Waals surface area (Å²) in [5.74, 6) is 0.815. The van der Waals surface area contributed by atoms with E-state index >= 15 is 0 Å². The Balaban J connectivity index is 1.55. The Morgan fingerprint density at radius 1 is 1.04 bits per heavy atom. The first-order valence-corrected chi connectivity index (χ1v) is 8.04. The maximum Gasteiger partial charge on any atom is 0.255 e. The number of amides is 1. The second-order valence-corrected chi connectivity index (χ2v) is 5.59. The molecule has 3 rings (SSSR count). The average molecular weight is 351 g/mol. The zero-order chi connectivity index (χ0) is 18.4. The molecule has 0 unspecified atom stereocenters. The fourth-order valence-electron chi connectivity index (χ4n) is 2.31. The van der Waals surface area contributed by atoms with Crippen LogP contribution in [0.15, 0.2) is 66.9 Å². The molecule has 5 nitrogen and oxygen atoms in total. The minimum Gasteiger partial charge on any atom is -0.497 e. The van der Waals surface area contributed by atoms with Gasteiger partial charge in [-0.05, 0) is 54.1 Å². The third-order valence-corrected chi connectivity index (χ3v) is 3.76. The van der Waals surface area contributed by atoms with Crippen molar-refractivity contribution >= 4 is 17.4 Å². The molecular weight excluding hydrogens is 333 g/mol. The van der Waals surface area contributed by atoms with Crippen LogP contribution in [0.4, 0.5) is 15.9 Å². The first-order chi connectivity index (χ1) is 12.6. The molecule has 0 radical (unpaired) electrons. The number of nitrogens with zero attached hydrogens (tertiary/aromatic N) is 1. The number of carbonyl (C=O) groups excluding carboxylic acids is 1. The van der Waals surface area contributed by atoms with Gasteiger partial charge >= 0.3 is 0 Å². The van der Waals surface area contributed by atoms with Crippen LogP contribution in [0.5, 0.6) is 5.75 Å². The predicted octanol–water partition coefficient (Wildman–Crippen LogP) is 4.09. The van der Waals surface area contributed by atoms with Gasteiger partial charge in [0, 0.05) is 12.1 Å². The molecule has 0 saturated heterocycles. The Kier molecular flexibility index (Phi) is 5.43. The van der Waals surface area contributed by atoms with Crippen molar-refractivity contribution in [3.63, 3.8) is 0 Å². The molecular formula is C20H18FN3O2. The maximum absolute atomic E-state index is 12.9. The van der Waals surface area contributed by atoms with Crippen LogP contribution < -0.4 is 15.4 Å². The van der Waals surface area contributed by atoms with E-state index in [2.05, 4.69) is 15.6 Å². The molecule has 0 fully saturated rings. The first kappa shape index (κ1) is 17.4. The van der Waals surface area contributed by atoms with E-state index in [1.54, 1.807) is 25.4 Å². The predicted molar refractivity (Wildman–Crippen MR) is 98.9 cm³/mol. The van der Waals surface area contributed by atoms with E-state index in [-0.39, 0.29) is 11.7 Å². The third-order valence-electron chi connectivity index (χ3n) is 3.76. The normalized spacial score (nSPS) is 10.2. The van der Waals surface area contributed by atoms with Gasteiger partial charge in [0.2, 0.25) is 0 Å². The highest BCUT2D eigenvalue weighted by Gasteiger charge is 2.06. The molecule has 132 valence electrons. The van der Waals surface area contributed by atoms with E-state index < -0.39 is 0 Å². The van der Waals surface area contributed by atoms with Gasteiger partial charge in [-0.3, -0.25) is 4.79 Å². The number of anilines is 2. The summed E-state index contributed by atoms with van der Waals surface area (Å²) in [4.78, 5) is 16.4. The number of carbonyl (C=O) groups is 1. The Morgan fingerprint density at radius 2 is 1.77 bits per heavy atom. The molecule has 0 aliphatic rings. The summed E-state index contributed by atoms with van der Waals surface area (Å²) in [6.07, 6.45) is 1.57. The summed E-state index contributed by atoms with van der Waals surface area (Å²) in [6, 6.07) is 16.7. The van der Waals surface area contributed by atoms with Gasteiger partial charge in [-0.25, -0.2) is 9.37 Å². The molecule has 2 aromatic carbocycles. The molecule has 1 heterocycles. The van der Waals surface area contributed by atoms with Crippen molar-refractivity contribution in [3.05, 3.63) is 83.8 Å². The van der Waals surface area contributed by atoms with Crippen molar-refractivity contribution in [2.75, 3.05) is 17.7 Å². The number of ether oxygens (including phenoxy) is 1. The lowest BCUT2D eigenvalue weighted by molar-refractivity contribution is 0.102. The van der Waals surface area contributed by atoms with Crippen LogP contribution in [-0.2, 0) is 6.54 Å². The summed E-state index contributed by atoms with van der Waals surface area (Å²) in [6.45, 7) is 0.623. The molecule has 0 aliphatic carbocycles. The number of hydrogen-bond acceptors (Lipinski definition) is 4. The average Bonchev–Trinajstić information content (AvgIpc) is 2.68. The van der Waals surface area contributed by atoms with Crippen LogP contribution in [0.25, 0.3) is 0 Å². The molecule has 1 aromatic heterocycles. The SMILES string of the molecule is COc1ccc(CNc2ccc(NC(=O)c3ccc(F)cc3)cn2)cc1. The van der Waals surface area contributed by atoms with Crippen LogP contribution >= 0.6 is 0 Å². The summed E-state index contributed by atoms with van der Waals surface area (Å²) < 4.78 is 18.0. The largest absolute Gasteiger partial charge is 0.497 e. The molecule has 0 atom stereocenters. The lowest BCUT2D eigenvalue weighted by Gasteiger charge is -2.08. The van der Waals surface area contributed by atoms with Crippen LogP contribution in [0.2, 0.25) is 0 Å². The standard InChI is InChI=1S/C20H18FN3O2/c1-26-18-9-2-14(3-10-18)12-22-19-11-8-17(13-23-19)24-20(25)15-4-6-16(21)7-5-15/h2-11,13H,12H2,1H3,(H,22,23)(H,24,25). The smallest absolute Gasteiger partial charge is 0.255 e. The molecule has 0 spiro atoms. The van der Waals surface area contributed by atoms with Gasteiger partial charge in [0.25, 0.3) is 5.91 Å². The number of benzene rings is 2. The topological polar surface area (TPSA) is 63.2 Å². The number of halogens is 1. The Hall–Kier alpha value is -3.41. The van der Waals surface area contributed by atoms with Gasteiger partial charge in [0.05, 0.1) is 19.0 Å². The maximum atomic E-state index is 12.9. The Bertz CT molecular complexity index is 863. The van der Waals surface area contributed by atoms with E-state index in [1.165, 1.54) is 24.3 Å². The van der Waals surface area contributed by atoms with Gasteiger partial charge in [-0.2, -0.15) is 0 Å². The van der Waals surface area contributed by atoms with Crippen LogP contribution in [-0.4, -0.2) is 18.0 Å². The Labute approximate surface area is 150 Å². The van der Waals surface area contributed by atoms with Gasteiger partial charge in [-0.1, -0.05) is 12.1 Å². The molecule has 6 heteroatoms. The quantitative estimate of drug-likeness (QED) is 0.702. The molecule has 1 amide bonds. The van der Waals surface area contributed by atoms with Gasteiger partial charge in [0.15, 0.2) is 0 Å².